The molecule has 6 rings (SSSR count). The first kappa shape index (κ1) is 24.4. The molecule has 2 N–H and O–H groups in total. The van der Waals surface area contributed by atoms with Gasteiger partial charge in [-0.15, -0.1) is 11.3 Å². The Morgan fingerprint density at radius 1 is 1.24 bits per heavy atom. The van der Waals surface area contributed by atoms with Gasteiger partial charge < -0.3 is 20.3 Å². The number of aromatic nitrogens is 2. The van der Waals surface area contributed by atoms with Crippen LogP contribution >= 0.6 is 11.3 Å². The zero-order chi connectivity index (χ0) is 26.4. The topological polar surface area (TPSA) is 117 Å². The van der Waals surface area contributed by atoms with Gasteiger partial charge in [-0.3, -0.25) is 14.5 Å². The number of carbonyl (C=O) groups is 3. The van der Waals surface area contributed by atoms with E-state index in [0.717, 1.165) is 31.2 Å². The first-order valence-corrected chi connectivity index (χ1v) is 13.6. The van der Waals surface area contributed by atoms with E-state index in [1.165, 1.54) is 23.8 Å². The van der Waals surface area contributed by atoms with Crippen LogP contribution in [0.5, 0.6) is 5.88 Å². The van der Waals surface area contributed by atoms with Crippen molar-refractivity contribution in [1.82, 2.24) is 20.2 Å². The Morgan fingerprint density at radius 2 is 2.08 bits per heavy atom. The molecular formula is C27H28N6O4S. The Balaban J connectivity index is 1.29. The Bertz CT molecular complexity index is 1470. The number of aryl methyl sites for hydroxylation is 1. The molecule has 1 saturated heterocycles. The first-order valence-electron chi connectivity index (χ1n) is 12.8. The lowest BCUT2D eigenvalue weighted by Crippen LogP contribution is -2.49. The van der Waals surface area contributed by atoms with Crippen LogP contribution in [0.15, 0.2) is 37.2 Å². The number of hydrogen-bond donors (Lipinski definition) is 2. The Labute approximate surface area is 223 Å². The van der Waals surface area contributed by atoms with Gasteiger partial charge in [0.25, 0.3) is 5.91 Å². The van der Waals surface area contributed by atoms with Gasteiger partial charge in [0.05, 0.1) is 28.6 Å². The highest BCUT2D eigenvalue weighted by Crippen LogP contribution is 2.46. The summed E-state index contributed by atoms with van der Waals surface area (Å²) in [5.74, 6) is 0.116. The second kappa shape index (κ2) is 9.71. The van der Waals surface area contributed by atoms with Gasteiger partial charge in [0.15, 0.2) is 0 Å². The number of nitrogens with zero attached hydrogens (tertiary/aromatic N) is 4. The predicted molar refractivity (Wildman–Crippen MR) is 145 cm³/mol. The lowest BCUT2D eigenvalue weighted by Gasteiger charge is -2.32. The molecule has 38 heavy (non-hydrogen) atoms. The summed E-state index contributed by atoms with van der Waals surface area (Å²) in [5, 5.41) is 6.69. The summed E-state index contributed by atoms with van der Waals surface area (Å²) in [7, 11) is 0. The molecule has 0 radical (unpaired) electrons. The summed E-state index contributed by atoms with van der Waals surface area (Å²) in [5.41, 5.74) is 2.58. The summed E-state index contributed by atoms with van der Waals surface area (Å²) in [6.45, 7) is 6.54. The predicted octanol–water partition coefficient (Wildman–Crippen LogP) is 4.52. The van der Waals surface area contributed by atoms with Crippen molar-refractivity contribution in [3.8, 4) is 5.88 Å². The monoisotopic (exact) mass is 532 g/mol. The van der Waals surface area contributed by atoms with E-state index in [1.54, 1.807) is 28.3 Å². The van der Waals surface area contributed by atoms with Crippen molar-refractivity contribution in [2.24, 2.45) is 0 Å². The molecule has 0 unspecified atom stereocenters. The molecule has 11 heteroatoms. The number of ether oxygens (including phenoxy) is 1. The van der Waals surface area contributed by atoms with E-state index in [-0.39, 0.29) is 30.0 Å². The lowest BCUT2D eigenvalue weighted by molar-refractivity contribution is -0.127. The zero-order valence-electron chi connectivity index (χ0n) is 21.0. The lowest BCUT2D eigenvalue weighted by atomic mass is 9.96. The van der Waals surface area contributed by atoms with Crippen molar-refractivity contribution in [1.29, 1.82) is 0 Å². The molecule has 2 aliphatic heterocycles. The minimum Gasteiger partial charge on any atom is -0.474 e. The van der Waals surface area contributed by atoms with Gasteiger partial charge in [-0.05, 0) is 56.7 Å². The fourth-order valence-corrected chi connectivity index (χ4v) is 6.16. The Hall–Kier alpha value is -3.99. The standard InChI is InChI=1S/C27H28N6O4S/c1-3-21(34)32-11-5-6-16(14-32)30-25(35)24-23-22-18(9-10-28-26(22)38-24)33(27(36)31-23)19-13-29-20(12-15(19)2)37-17-7-4-8-17/h3,9-10,12-13,16-17H,1,4-8,11,14H2,2H3,(H,30,35)(H,31,36)/t16-/m1/s1. The van der Waals surface area contributed by atoms with Crippen LogP contribution in [-0.2, 0) is 4.79 Å². The smallest absolute Gasteiger partial charge is 0.331 e. The molecule has 0 spiro atoms. The average molecular weight is 533 g/mol. The molecule has 0 bridgehead atoms. The molecule has 3 aromatic heterocycles. The van der Waals surface area contributed by atoms with E-state index in [1.807, 2.05) is 13.0 Å². The van der Waals surface area contributed by atoms with Crippen LogP contribution in [0.25, 0.3) is 10.2 Å². The minimum atomic E-state index is -0.379. The van der Waals surface area contributed by atoms with Gasteiger partial charge in [0.2, 0.25) is 11.8 Å². The number of carbonyl (C=O) groups excluding carboxylic acids is 3. The van der Waals surface area contributed by atoms with Crippen LogP contribution in [0.4, 0.5) is 21.9 Å². The number of rotatable bonds is 6. The van der Waals surface area contributed by atoms with Crippen molar-refractivity contribution in [3.63, 3.8) is 0 Å². The third kappa shape index (κ3) is 4.26. The maximum absolute atomic E-state index is 13.4. The van der Waals surface area contributed by atoms with Crippen LogP contribution < -0.4 is 20.3 Å². The summed E-state index contributed by atoms with van der Waals surface area (Å²) in [6.07, 6.45) is 9.60. The summed E-state index contributed by atoms with van der Waals surface area (Å²) in [6, 6.07) is 3.06. The Morgan fingerprint density at radius 3 is 2.82 bits per heavy atom. The van der Waals surface area contributed by atoms with E-state index < -0.39 is 0 Å². The van der Waals surface area contributed by atoms with Crippen LogP contribution in [-0.4, -0.2) is 57.9 Å². The van der Waals surface area contributed by atoms with Crippen molar-refractivity contribution in [3.05, 3.63) is 47.6 Å². The molecule has 5 heterocycles. The van der Waals surface area contributed by atoms with E-state index in [9.17, 15) is 14.4 Å². The fraction of sp³-hybridized carbons (Fsp3) is 0.370. The SMILES string of the molecule is C=CC(=O)N1CCC[C@@H](NC(=O)c2sc3nccc4c3c2NC(=O)N4c2cnc(OC3CCC3)cc2C)C1. The molecule has 196 valence electrons. The summed E-state index contributed by atoms with van der Waals surface area (Å²) < 4.78 is 5.92. The highest BCUT2D eigenvalue weighted by atomic mass is 32.1. The van der Waals surface area contributed by atoms with Gasteiger partial charge in [-0.25, -0.2) is 14.8 Å². The number of urea groups is 1. The number of hydrogen-bond acceptors (Lipinski definition) is 7. The van der Waals surface area contributed by atoms with Crippen LogP contribution in [0, 0.1) is 6.92 Å². The highest BCUT2D eigenvalue weighted by molar-refractivity contribution is 7.21. The molecule has 1 atom stereocenters. The van der Waals surface area contributed by atoms with Gasteiger partial charge in [0, 0.05) is 31.4 Å². The van der Waals surface area contributed by atoms with Gasteiger partial charge >= 0.3 is 6.03 Å². The van der Waals surface area contributed by atoms with Gasteiger partial charge in [0.1, 0.15) is 15.8 Å². The minimum absolute atomic E-state index is 0.144. The molecule has 2 fully saturated rings. The normalized spacial score (nSPS) is 19.1. The molecule has 4 amide bonds. The summed E-state index contributed by atoms with van der Waals surface area (Å²) >= 11 is 1.24. The van der Waals surface area contributed by atoms with Crippen molar-refractivity contribution >= 4 is 56.5 Å². The number of anilines is 3. The van der Waals surface area contributed by atoms with E-state index in [4.69, 9.17) is 4.74 Å². The van der Waals surface area contributed by atoms with E-state index in [2.05, 4.69) is 27.2 Å². The van der Waals surface area contributed by atoms with Gasteiger partial charge in [-0.2, -0.15) is 0 Å². The fourth-order valence-electron chi connectivity index (χ4n) is 5.14. The third-order valence-electron chi connectivity index (χ3n) is 7.33. The van der Waals surface area contributed by atoms with E-state index >= 15 is 0 Å². The van der Waals surface area contributed by atoms with E-state index in [0.29, 0.717) is 51.1 Å². The third-order valence-corrected chi connectivity index (χ3v) is 8.43. The molecule has 1 saturated carbocycles. The molecular weight excluding hydrogens is 504 g/mol. The first-order chi connectivity index (χ1) is 18.4. The highest BCUT2D eigenvalue weighted by Gasteiger charge is 2.34. The number of pyridine rings is 2. The number of piperidine rings is 1. The maximum atomic E-state index is 13.4. The van der Waals surface area contributed by atoms with Crippen LogP contribution in [0.1, 0.15) is 47.3 Å². The van der Waals surface area contributed by atoms with Crippen LogP contribution in [0.2, 0.25) is 0 Å². The molecule has 3 aromatic rings. The van der Waals surface area contributed by atoms with Crippen molar-refractivity contribution < 1.29 is 19.1 Å². The number of likely N-dealkylation sites (tertiary alicyclic amines) is 1. The molecule has 3 aliphatic rings. The average Bonchev–Trinajstić information content (AvgIpc) is 3.26. The Kier molecular flexibility index (Phi) is 6.22. The second-order valence-electron chi connectivity index (χ2n) is 9.86. The number of nitrogens with one attached hydrogen (secondary N) is 2. The van der Waals surface area contributed by atoms with Crippen molar-refractivity contribution in [2.75, 3.05) is 23.3 Å². The van der Waals surface area contributed by atoms with Gasteiger partial charge in [-0.1, -0.05) is 6.58 Å². The molecule has 10 nitrogen and oxygen atoms in total. The molecule has 1 aliphatic carbocycles. The maximum Gasteiger partial charge on any atom is 0.331 e. The van der Waals surface area contributed by atoms with Crippen LogP contribution in [0.3, 0.4) is 0 Å². The van der Waals surface area contributed by atoms with Crippen molar-refractivity contribution in [2.45, 2.75) is 51.2 Å². The zero-order valence-corrected chi connectivity index (χ0v) is 21.8. The number of amides is 4. The quantitative estimate of drug-likeness (QED) is 0.451. The largest absolute Gasteiger partial charge is 0.474 e. The second-order valence-corrected chi connectivity index (χ2v) is 10.9. The molecule has 0 aromatic carbocycles. The summed E-state index contributed by atoms with van der Waals surface area (Å²) in [4.78, 5) is 52.1. The number of thiophene rings is 1.